The molecule has 0 amide bonds. The zero-order valence-electron chi connectivity index (χ0n) is 11.2. The lowest BCUT2D eigenvalue weighted by Gasteiger charge is -2.16. The molecule has 0 aromatic heterocycles. The summed E-state index contributed by atoms with van der Waals surface area (Å²) in [7, 11) is -2.59. The molecule has 2 atom stereocenters. The molecular weight excluding hydrogens is 290 g/mol. The largest absolute Gasteiger partial charge is 0.480 e. The number of carboxylic acid groups (broad SMARTS) is 1. The van der Waals surface area contributed by atoms with Crippen LogP contribution in [0.1, 0.15) is 25.7 Å². The Balaban J connectivity index is 2.54. The highest BCUT2D eigenvalue weighted by molar-refractivity contribution is 7.89. The van der Waals surface area contributed by atoms with Crippen LogP contribution >= 0.6 is 0 Å². The van der Waals surface area contributed by atoms with Crippen molar-refractivity contribution in [3.8, 4) is 0 Å². The molecule has 0 saturated carbocycles. The van der Waals surface area contributed by atoms with Gasteiger partial charge in [-0.2, -0.15) is 0 Å². The van der Waals surface area contributed by atoms with Crippen LogP contribution in [-0.2, 0) is 29.1 Å². The molecular formula is C11H19NO7S. The van der Waals surface area contributed by atoms with E-state index >= 15 is 0 Å². The molecule has 1 aliphatic rings. The number of hydrogen-bond acceptors (Lipinski definition) is 6. The Morgan fingerprint density at radius 2 is 2.20 bits per heavy atom. The fourth-order valence-electron chi connectivity index (χ4n) is 1.88. The fourth-order valence-corrected chi connectivity index (χ4v) is 3.38. The number of carbonyl (C=O) groups excluding carboxylic acids is 1. The Kier molecular flexibility index (Phi) is 6.37. The number of aliphatic carboxylic acids is 1. The number of sulfonamides is 1. The van der Waals surface area contributed by atoms with Crippen LogP contribution in [0, 0.1) is 0 Å². The molecule has 1 saturated heterocycles. The van der Waals surface area contributed by atoms with Crippen molar-refractivity contribution in [2.75, 3.05) is 19.5 Å². The van der Waals surface area contributed by atoms with E-state index < -0.39 is 34.1 Å². The molecule has 0 bridgehead atoms. The normalized spacial score (nSPS) is 20.6. The van der Waals surface area contributed by atoms with Crippen LogP contribution < -0.4 is 4.72 Å². The van der Waals surface area contributed by atoms with Gasteiger partial charge in [0.05, 0.1) is 19.0 Å². The summed E-state index contributed by atoms with van der Waals surface area (Å²) in [5.41, 5.74) is 0. The van der Waals surface area contributed by atoms with E-state index in [1.54, 1.807) is 0 Å². The van der Waals surface area contributed by atoms with E-state index in [0.29, 0.717) is 13.0 Å². The second-order valence-electron chi connectivity index (χ2n) is 4.54. The first-order valence-corrected chi connectivity index (χ1v) is 7.90. The molecule has 116 valence electrons. The van der Waals surface area contributed by atoms with Crippen LogP contribution in [-0.4, -0.2) is 57.1 Å². The first-order chi connectivity index (χ1) is 9.34. The number of esters is 1. The highest BCUT2D eigenvalue weighted by atomic mass is 32.2. The van der Waals surface area contributed by atoms with E-state index in [9.17, 15) is 18.0 Å². The third kappa shape index (κ3) is 5.85. The summed E-state index contributed by atoms with van der Waals surface area (Å²) >= 11 is 0. The highest BCUT2D eigenvalue weighted by Gasteiger charge is 2.28. The summed E-state index contributed by atoms with van der Waals surface area (Å²) in [5, 5.41) is 8.97. The molecule has 20 heavy (non-hydrogen) atoms. The predicted molar refractivity (Wildman–Crippen MR) is 68.6 cm³/mol. The second kappa shape index (κ2) is 7.55. The topological polar surface area (TPSA) is 119 Å². The summed E-state index contributed by atoms with van der Waals surface area (Å²) in [5.74, 6) is -2.19. The summed E-state index contributed by atoms with van der Waals surface area (Å²) < 4.78 is 35.4. The number of ether oxygens (including phenoxy) is 2. The van der Waals surface area contributed by atoms with Gasteiger partial charge in [-0.15, -0.1) is 0 Å². The zero-order chi connectivity index (χ0) is 15.2. The van der Waals surface area contributed by atoms with Gasteiger partial charge in [0.25, 0.3) is 0 Å². The molecule has 9 heteroatoms. The van der Waals surface area contributed by atoms with E-state index in [0.717, 1.165) is 6.42 Å². The third-order valence-electron chi connectivity index (χ3n) is 2.91. The lowest BCUT2D eigenvalue weighted by molar-refractivity contribution is -0.142. The van der Waals surface area contributed by atoms with E-state index in [-0.39, 0.29) is 18.6 Å². The first-order valence-electron chi connectivity index (χ1n) is 6.25. The monoisotopic (exact) mass is 309 g/mol. The number of rotatable bonds is 8. The van der Waals surface area contributed by atoms with E-state index in [2.05, 4.69) is 9.46 Å². The number of nitrogens with one attached hydrogen (secondary N) is 1. The van der Waals surface area contributed by atoms with E-state index in [1.807, 2.05) is 0 Å². The van der Waals surface area contributed by atoms with Crippen molar-refractivity contribution in [2.45, 2.75) is 37.8 Å². The number of hydrogen-bond donors (Lipinski definition) is 2. The van der Waals surface area contributed by atoms with Crippen molar-refractivity contribution in [3.63, 3.8) is 0 Å². The van der Waals surface area contributed by atoms with Crippen LogP contribution in [0.5, 0.6) is 0 Å². The van der Waals surface area contributed by atoms with E-state index in [4.69, 9.17) is 9.84 Å². The molecule has 2 unspecified atom stereocenters. The molecule has 0 aliphatic carbocycles. The van der Waals surface area contributed by atoms with Gasteiger partial charge in [0.1, 0.15) is 6.04 Å². The second-order valence-corrected chi connectivity index (χ2v) is 6.34. The standard InChI is InChI=1S/C11H19NO7S/c1-18-10(13)5-4-9(11(14)15)12-20(16,17)7-8-3-2-6-19-8/h8-9,12H,2-7H2,1H3,(H,14,15). The molecule has 1 fully saturated rings. The molecule has 1 aliphatic heterocycles. The lowest BCUT2D eigenvalue weighted by Crippen LogP contribution is -2.43. The van der Waals surface area contributed by atoms with Gasteiger partial charge in [-0.3, -0.25) is 9.59 Å². The number of carboxylic acids is 1. The van der Waals surface area contributed by atoms with Gasteiger partial charge >= 0.3 is 11.9 Å². The third-order valence-corrected chi connectivity index (χ3v) is 4.37. The van der Waals surface area contributed by atoms with Crippen LogP contribution in [0.4, 0.5) is 0 Å². The Morgan fingerprint density at radius 1 is 1.50 bits per heavy atom. The van der Waals surface area contributed by atoms with Gasteiger partial charge < -0.3 is 14.6 Å². The molecule has 8 nitrogen and oxygen atoms in total. The number of methoxy groups -OCH3 is 1. The van der Waals surface area contributed by atoms with Gasteiger partial charge in [0.2, 0.25) is 10.0 Å². The summed E-state index contributed by atoms with van der Waals surface area (Å²) in [6.45, 7) is 0.519. The zero-order valence-corrected chi connectivity index (χ0v) is 12.0. The van der Waals surface area contributed by atoms with Crippen molar-refractivity contribution in [3.05, 3.63) is 0 Å². The maximum absolute atomic E-state index is 11.8. The van der Waals surface area contributed by atoms with Gasteiger partial charge in [0, 0.05) is 13.0 Å². The molecule has 1 heterocycles. The SMILES string of the molecule is COC(=O)CCC(NS(=O)(=O)CC1CCCO1)C(=O)O. The predicted octanol–water partition coefficient (Wildman–Crippen LogP) is -0.509. The summed E-state index contributed by atoms with van der Waals surface area (Å²) in [6, 6.07) is -1.35. The molecule has 1 rings (SSSR count). The average molecular weight is 309 g/mol. The first kappa shape index (κ1) is 16.9. The maximum Gasteiger partial charge on any atom is 0.321 e. The van der Waals surface area contributed by atoms with Crippen molar-refractivity contribution >= 4 is 22.0 Å². The minimum Gasteiger partial charge on any atom is -0.480 e. The van der Waals surface area contributed by atoms with Gasteiger partial charge in [-0.25, -0.2) is 13.1 Å². The minimum absolute atomic E-state index is 0.160. The molecule has 0 aromatic carbocycles. The highest BCUT2D eigenvalue weighted by Crippen LogP contribution is 2.14. The van der Waals surface area contributed by atoms with Crippen molar-refractivity contribution in [1.82, 2.24) is 4.72 Å². The Morgan fingerprint density at radius 3 is 2.70 bits per heavy atom. The molecule has 0 radical (unpaired) electrons. The van der Waals surface area contributed by atoms with Crippen LogP contribution in [0.15, 0.2) is 0 Å². The van der Waals surface area contributed by atoms with Gasteiger partial charge in [-0.1, -0.05) is 0 Å². The number of carbonyl (C=O) groups is 2. The Bertz CT molecular complexity index is 442. The maximum atomic E-state index is 11.8. The minimum atomic E-state index is -3.77. The lowest BCUT2D eigenvalue weighted by atomic mass is 10.2. The smallest absolute Gasteiger partial charge is 0.321 e. The average Bonchev–Trinajstić information content (AvgIpc) is 2.85. The Labute approximate surface area is 117 Å². The molecule has 2 N–H and O–H groups in total. The van der Waals surface area contributed by atoms with E-state index in [1.165, 1.54) is 7.11 Å². The molecule has 0 aromatic rings. The van der Waals surface area contributed by atoms with Crippen molar-refractivity contribution in [1.29, 1.82) is 0 Å². The van der Waals surface area contributed by atoms with Crippen molar-refractivity contribution in [2.24, 2.45) is 0 Å². The van der Waals surface area contributed by atoms with Crippen LogP contribution in [0.2, 0.25) is 0 Å². The van der Waals surface area contributed by atoms with Crippen molar-refractivity contribution < 1.29 is 32.6 Å². The van der Waals surface area contributed by atoms with Crippen LogP contribution in [0.3, 0.4) is 0 Å². The Hall–Kier alpha value is -1.19. The van der Waals surface area contributed by atoms with Crippen LogP contribution in [0.25, 0.3) is 0 Å². The fraction of sp³-hybridized carbons (Fsp3) is 0.818. The summed E-state index contributed by atoms with van der Waals surface area (Å²) in [6.07, 6.45) is 0.705. The summed E-state index contributed by atoms with van der Waals surface area (Å²) in [4.78, 5) is 22.0. The van der Waals surface area contributed by atoms with Gasteiger partial charge in [-0.05, 0) is 19.3 Å². The van der Waals surface area contributed by atoms with Gasteiger partial charge in [0.15, 0.2) is 0 Å². The molecule has 0 spiro atoms. The quantitative estimate of drug-likeness (QED) is 0.580.